The highest BCUT2D eigenvalue weighted by molar-refractivity contribution is 7.10. The Balaban J connectivity index is 1.59. The summed E-state index contributed by atoms with van der Waals surface area (Å²) in [5.41, 5.74) is 0. The summed E-state index contributed by atoms with van der Waals surface area (Å²) in [6.45, 7) is 0. The number of carbonyl (C=O) groups is 1. The Labute approximate surface area is 131 Å². The molecule has 4 rings (SSSR count). The Bertz CT molecular complexity index is 545. The molecule has 1 aromatic heterocycles. The van der Waals surface area contributed by atoms with E-state index in [9.17, 15) is 4.79 Å². The zero-order valence-electron chi connectivity index (χ0n) is 11.4. The van der Waals surface area contributed by atoms with E-state index in [0.717, 1.165) is 37.0 Å². The molecule has 2 saturated heterocycles. The molecule has 1 aromatic rings. The molecule has 2 aliphatic heterocycles. The van der Waals surface area contributed by atoms with Crippen LogP contribution in [0.25, 0.3) is 0 Å². The fraction of sp³-hybridized carbons (Fsp3) is 0.643. The molecule has 7 heteroatoms. The lowest BCUT2D eigenvalue weighted by molar-refractivity contribution is -0.294. The number of halogens is 1. The largest absolute Gasteiger partial charge is 0.429 e. The zero-order valence-corrected chi connectivity index (χ0v) is 13.0. The summed E-state index contributed by atoms with van der Waals surface area (Å²) >= 11 is 7.74. The Morgan fingerprint density at radius 2 is 2.14 bits per heavy atom. The number of rotatable bonds is 1. The Morgan fingerprint density at radius 3 is 2.86 bits per heavy atom. The molecule has 3 fully saturated rings. The van der Waals surface area contributed by atoms with Crippen molar-refractivity contribution in [2.75, 3.05) is 0 Å². The van der Waals surface area contributed by atoms with Crippen molar-refractivity contribution in [3.8, 4) is 0 Å². The van der Waals surface area contributed by atoms with Gasteiger partial charge < -0.3 is 4.74 Å². The molecular formula is C14H16ClNO4S. The molecule has 0 bridgehead atoms. The summed E-state index contributed by atoms with van der Waals surface area (Å²) in [4.78, 5) is 19.0. The topological polar surface area (TPSA) is 48.0 Å². The number of hydroxylamine groups is 1. The van der Waals surface area contributed by atoms with Gasteiger partial charge in [-0.2, -0.15) is 0 Å². The van der Waals surface area contributed by atoms with Crippen molar-refractivity contribution in [3.63, 3.8) is 0 Å². The van der Waals surface area contributed by atoms with Gasteiger partial charge in [0.15, 0.2) is 0 Å². The van der Waals surface area contributed by atoms with Crippen LogP contribution >= 0.6 is 23.1 Å². The maximum Gasteiger partial charge on any atom is 0.371 e. The van der Waals surface area contributed by atoms with E-state index in [1.165, 1.54) is 4.58 Å². The Hall–Kier alpha value is -0.660. The molecule has 2 atom stereocenters. The first-order chi connectivity index (χ1) is 10.1. The van der Waals surface area contributed by atoms with E-state index in [4.69, 9.17) is 26.1 Å². The van der Waals surface area contributed by atoms with Crippen LogP contribution in [0.2, 0.25) is 0 Å². The lowest BCUT2D eigenvalue weighted by atomic mass is 9.94. The number of carbonyl (C=O) groups excluding carboxylic acids is 1. The first-order valence-electron chi connectivity index (χ1n) is 7.24. The summed E-state index contributed by atoms with van der Waals surface area (Å²) in [6, 6.07) is 3.73. The Kier molecular flexibility index (Phi) is 3.28. The summed E-state index contributed by atoms with van der Waals surface area (Å²) in [5, 5.41) is 1.97. The smallest absolute Gasteiger partial charge is 0.371 e. The van der Waals surface area contributed by atoms with Crippen molar-refractivity contribution < 1.29 is 19.1 Å². The third kappa shape index (κ3) is 2.21. The molecule has 0 unspecified atom stereocenters. The maximum absolute atomic E-state index is 12.4. The number of ether oxygens (including phenoxy) is 2. The van der Waals surface area contributed by atoms with Crippen LogP contribution in [0.1, 0.15) is 49.4 Å². The van der Waals surface area contributed by atoms with Gasteiger partial charge in [-0.3, -0.25) is 4.74 Å². The van der Waals surface area contributed by atoms with Gasteiger partial charge in [-0.1, -0.05) is 17.1 Å². The van der Waals surface area contributed by atoms with Gasteiger partial charge in [0.1, 0.15) is 0 Å². The standard InChI is InChI=1S/C14H16ClNO4S/c15-16-10(11-5-4-8-21-11)9-14(20-16)12(17)18-13(19-14)6-2-1-3-7-13/h4-5,8,10H,1-3,6-7,9H2/t10-,14-/m1/s1. The number of esters is 1. The highest BCUT2D eigenvalue weighted by Gasteiger charge is 2.65. The second-order valence-electron chi connectivity index (χ2n) is 5.81. The van der Waals surface area contributed by atoms with Gasteiger partial charge in [-0.15, -0.1) is 11.3 Å². The van der Waals surface area contributed by atoms with E-state index in [-0.39, 0.29) is 6.04 Å². The van der Waals surface area contributed by atoms with Crippen molar-refractivity contribution in [2.45, 2.75) is 56.1 Å². The second kappa shape index (κ2) is 4.93. The van der Waals surface area contributed by atoms with Gasteiger partial charge in [-0.05, 0) is 24.3 Å². The average molecular weight is 330 g/mol. The fourth-order valence-electron chi connectivity index (χ4n) is 3.33. The van der Waals surface area contributed by atoms with E-state index in [2.05, 4.69) is 0 Å². The minimum atomic E-state index is -1.38. The second-order valence-corrected chi connectivity index (χ2v) is 7.13. The summed E-state index contributed by atoms with van der Waals surface area (Å²) in [6.07, 6.45) is 4.98. The van der Waals surface area contributed by atoms with Gasteiger partial charge in [-0.25, -0.2) is 9.63 Å². The summed E-state index contributed by atoms with van der Waals surface area (Å²) in [7, 11) is 0. The average Bonchev–Trinajstić information content (AvgIpc) is 3.12. The van der Waals surface area contributed by atoms with Gasteiger partial charge >= 0.3 is 5.97 Å². The van der Waals surface area contributed by atoms with Crippen molar-refractivity contribution in [2.24, 2.45) is 0 Å². The SMILES string of the molecule is O=C1OC2(CCCCC2)O[C@@]12C[C@H](c1cccs1)N(Cl)O2. The third-order valence-electron chi connectivity index (χ3n) is 4.37. The van der Waals surface area contributed by atoms with Crippen LogP contribution in [0.15, 0.2) is 17.5 Å². The minimum Gasteiger partial charge on any atom is -0.429 e. The maximum atomic E-state index is 12.4. The molecular weight excluding hydrogens is 314 g/mol. The molecule has 1 aliphatic carbocycles. The molecule has 0 radical (unpaired) electrons. The van der Waals surface area contributed by atoms with Gasteiger partial charge in [0.2, 0.25) is 5.79 Å². The van der Waals surface area contributed by atoms with Crippen molar-refractivity contribution in [1.29, 1.82) is 0 Å². The molecule has 3 aliphatic rings. The molecule has 0 amide bonds. The van der Waals surface area contributed by atoms with Crippen LogP contribution in [0.5, 0.6) is 0 Å². The summed E-state index contributed by atoms with van der Waals surface area (Å²) in [5.74, 6) is -2.64. The van der Waals surface area contributed by atoms with Crippen molar-refractivity contribution in [3.05, 3.63) is 22.4 Å². The fourth-order valence-corrected chi connectivity index (χ4v) is 4.49. The molecule has 114 valence electrons. The van der Waals surface area contributed by atoms with Crippen LogP contribution in [0.4, 0.5) is 0 Å². The first kappa shape index (κ1) is 14.0. The number of nitrogens with zero attached hydrogens (tertiary/aromatic N) is 1. The third-order valence-corrected chi connectivity index (χ3v) is 5.65. The van der Waals surface area contributed by atoms with Gasteiger partial charge in [0.25, 0.3) is 5.79 Å². The van der Waals surface area contributed by atoms with Crippen LogP contribution < -0.4 is 0 Å². The minimum absolute atomic E-state index is 0.196. The number of hydrogen-bond donors (Lipinski definition) is 0. The number of thiophene rings is 1. The van der Waals surface area contributed by atoms with E-state index >= 15 is 0 Å². The van der Waals surface area contributed by atoms with Crippen LogP contribution in [0, 0.1) is 0 Å². The lowest BCUT2D eigenvalue weighted by Gasteiger charge is -2.31. The van der Waals surface area contributed by atoms with E-state index in [1.807, 2.05) is 17.5 Å². The molecule has 3 heterocycles. The van der Waals surface area contributed by atoms with Crippen molar-refractivity contribution in [1.82, 2.24) is 4.58 Å². The van der Waals surface area contributed by atoms with E-state index in [1.54, 1.807) is 11.3 Å². The normalized spacial score (nSPS) is 35.7. The lowest BCUT2D eigenvalue weighted by Crippen LogP contribution is -2.39. The van der Waals surface area contributed by atoms with Crippen LogP contribution in [-0.2, 0) is 19.1 Å². The van der Waals surface area contributed by atoms with Crippen LogP contribution in [-0.4, -0.2) is 22.1 Å². The predicted octanol–water partition coefficient (Wildman–Crippen LogP) is 3.51. The monoisotopic (exact) mass is 329 g/mol. The first-order valence-corrected chi connectivity index (χ1v) is 8.46. The quantitative estimate of drug-likeness (QED) is 0.583. The molecule has 21 heavy (non-hydrogen) atoms. The van der Waals surface area contributed by atoms with E-state index in [0.29, 0.717) is 6.42 Å². The molecule has 0 aromatic carbocycles. The highest BCUT2D eigenvalue weighted by Crippen LogP contribution is 2.52. The van der Waals surface area contributed by atoms with Crippen LogP contribution in [0.3, 0.4) is 0 Å². The zero-order chi connectivity index (χ0) is 14.5. The van der Waals surface area contributed by atoms with Crippen molar-refractivity contribution >= 4 is 29.1 Å². The van der Waals surface area contributed by atoms with E-state index < -0.39 is 17.5 Å². The molecule has 0 N–H and O–H groups in total. The van der Waals surface area contributed by atoms with Gasteiger partial charge in [0.05, 0.1) is 6.04 Å². The molecule has 2 spiro atoms. The molecule has 1 saturated carbocycles. The summed E-state index contributed by atoms with van der Waals surface area (Å²) < 4.78 is 12.8. The molecule has 5 nitrogen and oxygen atoms in total. The highest BCUT2D eigenvalue weighted by atomic mass is 35.5. The predicted molar refractivity (Wildman–Crippen MR) is 76.2 cm³/mol. The number of hydrogen-bond acceptors (Lipinski definition) is 6. The van der Waals surface area contributed by atoms with Gasteiger partial charge in [0, 0.05) is 35.9 Å². The Morgan fingerprint density at radius 1 is 1.33 bits per heavy atom.